The molecule has 192 valence electrons. The average Bonchev–Trinajstić information content (AvgIpc) is 3.31. The minimum absolute atomic E-state index is 0.139. The number of anilines is 2. The van der Waals surface area contributed by atoms with Crippen molar-refractivity contribution in [3.05, 3.63) is 105 Å². The van der Waals surface area contributed by atoms with Crippen LogP contribution in [0.3, 0.4) is 0 Å². The third kappa shape index (κ3) is 6.37. The highest BCUT2D eigenvalue weighted by Gasteiger charge is 2.32. The number of aromatic nitrogens is 1. The highest BCUT2D eigenvalue weighted by atomic mass is 35.5. The van der Waals surface area contributed by atoms with E-state index in [1.54, 1.807) is 36.4 Å². The second kappa shape index (κ2) is 10.6. The molecule has 0 aliphatic heterocycles. The first-order chi connectivity index (χ1) is 17.4. The van der Waals surface area contributed by atoms with Gasteiger partial charge < -0.3 is 5.32 Å². The van der Waals surface area contributed by atoms with Crippen LogP contribution in [0.15, 0.2) is 77.8 Å². The van der Waals surface area contributed by atoms with E-state index < -0.39 is 26.7 Å². The summed E-state index contributed by atoms with van der Waals surface area (Å²) >= 11 is 7.05. The van der Waals surface area contributed by atoms with Gasteiger partial charge in [-0.05, 0) is 48.4 Å². The van der Waals surface area contributed by atoms with E-state index in [-0.39, 0.29) is 17.4 Å². The molecule has 12 heteroatoms. The second-order valence-corrected chi connectivity index (χ2v) is 11.1. The number of alkyl halides is 3. The summed E-state index contributed by atoms with van der Waals surface area (Å²) in [5, 5.41) is 3.22. The molecule has 37 heavy (non-hydrogen) atoms. The van der Waals surface area contributed by atoms with E-state index in [0.717, 1.165) is 17.7 Å². The van der Waals surface area contributed by atoms with E-state index in [4.69, 9.17) is 11.6 Å². The Balaban J connectivity index is 1.46. The Kier molecular flexibility index (Phi) is 7.69. The fourth-order valence-corrected chi connectivity index (χ4v) is 5.75. The molecule has 0 aliphatic rings. The molecule has 0 saturated heterocycles. The molecule has 0 fully saturated rings. The lowest BCUT2D eigenvalue weighted by Gasteiger charge is -2.12. The van der Waals surface area contributed by atoms with Crippen LogP contribution in [0.2, 0.25) is 5.02 Å². The Hall–Kier alpha value is -3.25. The van der Waals surface area contributed by atoms with Gasteiger partial charge in [-0.25, -0.2) is 18.1 Å². The number of halogens is 4. The number of aryl methyl sites for hydroxylation is 1. The molecule has 1 aromatic heterocycles. The Morgan fingerprint density at radius 3 is 2.54 bits per heavy atom. The predicted octanol–water partition coefficient (Wildman–Crippen LogP) is 6.58. The van der Waals surface area contributed by atoms with E-state index in [1.165, 1.54) is 17.5 Å². The Bertz CT molecular complexity index is 1570. The van der Waals surface area contributed by atoms with Crippen LogP contribution in [0.5, 0.6) is 0 Å². The topological polar surface area (TPSA) is 88.2 Å². The summed E-state index contributed by atoms with van der Waals surface area (Å²) < 4.78 is 66.7. The number of hydrogen-bond donors (Lipinski definition) is 2. The van der Waals surface area contributed by atoms with Crippen molar-refractivity contribution in [2.75, 3.05) is 5.32 Å². The summed E-state index contributed by atoms with van der Waals surface area (Å²) in [6.07, 6.45) is -3.23. The van der Waals surface area contributed by atoms with Crippen molar-refractivity contribution in [2.24, 2.45) is 0 Å². The molecule has 0 spiro atoms. The molecule has 4 rings (SSSR count). The highest BCUT2D eigenvalue weighted by molar-refractivity contribution is 7.89. The SMILES string of the molecule is Cc1ccccc1C(=O)c1cnc(Nc2cccc(CNS(=O)(=O)c3cc(C(F)(F)F)ccc3Cl)c2)s1. The number of carbonyl (C=O) groups excluding carboxylic acids is 1. The molecule has 2 N–H and O–H groups in total. The van der Waals surface area contributed by atoms with Crippen LogP contribution < -0.4 is 10.0 Å². The minimum atomic E-state index is -4.71. The number of nitrogens with one attached hydrogen (secondary N) is 2. The summed E-state index contributed by atoms with van der Waals surface area (Å²) in [7, 11) is -4.33. The molecule has 0 atom stereocenters. The first-order valence-corrected chi connectivity index (χ1v) is 13.4. The molecule has 6 nitrogen and oxygen atoms in total. The Morgan fingerprint density at radius 2 is 1.81 bits per heavy atom. The van der Waals surface area contributed by atoms with Crippen LogP contribution >= 0.6 is 22.9 Å². The zero-order chi connectivity index (χ0) is 26.8. The quantitative estimate of drug-likeness (QED) is 0.236. The normalized spacial score (nSPS) is 11.9. The second-order valence-electron chi connectivity index (χ2n) is 7.97. The maximum atomic E-state index is 13.0. The molecule has 4 aromatic rings. The number of rotatable bonds is 8. The Morgan fingerprint density at radius 1 is 1.05 bits per heavy atom. The molecular weight excluding hydrogens is 547 g/mol. The fraction of sp³-hybridized carbons (Fsp3) is 0.120. The number of sulfonamides is 1. The standard InChI is InChI=1S/C25H19ClF3N3O3S2/c1-15-5-2-3-8-19(15)23(33)21-14-30-24(36-21)32-18-7-4-6-16(11-18)13-31-37(34,35)22-12-17(25(27,28)29)9-10-20(22)26/h2-12,14,31H,13H2,1H3,(H,30,32). The van der Waals surface area contributed by atoms with Gasteiger partial charge in [0.15, 0.2) is 5.13 Å². The van der Waals surface area contributed by atoms with Crippen LogP contribution in [0.4, 0.5) is 24.0 Å². The van der Waals surface area contributed by atoms with Gasteiger partial charge in [0.1, 0.15) is 4.90 Å². The van der Waals surface area contributed by atoms with Gasteiger partial charge in [-0.1, -0.05) is 59.3 Å². The van der Waals surface area contributed by atoms with Crippen molar-refractivity contribution in [1.82, 2.24) is 9.71 Å². The van der Waals surface area contributed by atoms with Gasteiger partial charge in [-0.3, -0.25) is 4.79 Å². The summed E-state index contributed by atoms with van der Waals surface area (Å²) in [6, 6.07) is 16.1. The minimum Gasteiger partial charge on any atom is -0.332 e. The van der Waals surface area contributed by atoms with Gasteiger partial charge in [0.2, 0.25) is 15.8 Å². The van der Waals surface area contributed by atoms with Gasteiger partial charge in [0, 0.05) is 17.8 Å². The molecule has 0 bridgehead atoms. The summed E-state index contributed by atoms with van der Waals surface area (Å²) in [5.41, 5.74) is 1.44. The first-order valence-electron chi connectivity index (χ1n) is 10.7. The van der Waals surface area contributed by atoms with Crippen molar-refractivity contribution in [3.63, 3.8) is 0 Å². The van der Waals surface area contributed by atoms with Gasteiger partial charge >= 0.3 is 6.18 Å². The van der Waals surface area contributed by atoms with Crippen molar-refractivity contribution < 1.29 is 26.4 Å². The number of ketones is 1. The molecule has 0 amide bonds. The highest BCUT2D eigenvalue weighted by Crippen LogP contribution is 2.33. The van der Waals surface area contributed by atoms with Crippen LogP contribution in [0, 0.1) is 6.92 Å². The van der Waals surface area contributed by atoms with E-state index >= 15 is 0 Å². The number of thiazole rings is 1. The summed E-state index contributed by atoms with van der Waals surface area (Å²) in [5.74, 6) is -0.139. The van der Waals surface area contributed by atoms with Gasteiger partial charge in [0.25, 0.3) is 0 Å². The zero-order valence-electron chi connectivity index (χ0n) is 19.1. The van der Waals surface area contributed by atoms with Crippen molar-refractivity contribution in [3.8, 4) is 0 Å². The summed E-state index contributed by atoms with van der Waals surface area (Å²) in [6.45, 7) is 1.66. The maximum Gasteiger partial charge on any atom is 0.416 e. The number of hydrogen-bond acceptors (Lipinski definition) is 6. The largest absolute Gasteiger partial charge is 0.416 e. The van der Waals surface area contributed by atoms with Gasteiger partial charge in [-0.2, -0.15) is 13.2 Å². The predicted molar refractivity (Wildman–Crippen MR) is 137 cm³/mol. The lowest BCUT2D eigenvalue weighted by molar-refractivity contribution is -0.137. The zero-order valence-corrected chi connectivity index (χ0v) is 21.5. The lowest BCUT2D eigenvalue weighted by Crippen LogP contribution is -2.24. The van der Waals surface area contributed by atoms with E-state index in [2.05, 4.69) is 15.0 Å². The van der Waals surface area contributed by atoms with E-state index in [9.17, 15) is 26.4 Å². The lowest BCUT2D eigenvalue weighted by atomic mass is 10.0. The van der Waals surface area contributed by atoms with E-state index in [1.807, 2.05) is 19.1 Å². The average molecular weight is 566 g/mol. The van der Waals surface area contributed by atoms with Crippen LogP contribution in [0.25, 0.3) is 0 Å². The van der Waals surface area contributed by atoms with Crippen LogP contribution in [-0.4, -0.2) is 19.2 Å². The number of nitrogens with zero attached hydrogens (tertiary/aromatic N) is 1. The first kappa shape index (κ1) is 26.8. The monoisotopic (exact) mass is 565 g/mol. The fourth-order valence-electron chi connectivity index (χ4n) is 3.42. The third-order valence-corrected chi connectivity index (χ3v) is 8.11. The molecule has 0 radical (unpaired) electrons. The van der Waals surface area contributed by atoms with Crippen molar-refractivity contribution in [2.45, 2.75) is 24.5 Å². The van der Waals surface area contributed by atoms with E-state index in [0.29, 0.717) is 32.9 Å². The summed E-state index contributed by atoms with van der Waals surface area (Å²) in [4.78, 5) is 16.8. The maximum absolute atomic E-state index is 13.0. The molecule has 1 heterocycles. The van der Waals surface area contributed by atoms with Gasteiger partial charge in [0.05, 0.1) is 21.7 Å². The van der Waals surface area contributed by atoms with Crippen molar-refractivity contribution >= 4 is 49.6 Å². The molecule has 0 aliphatic carbocycles. The Labute approximate surface area is 220 Å². The molecule has 0 saturated carbocycles. The van der Waals surface area contributed by atoms with Gasteiger partial charge in [-0.15, -0.1) is 0 Å². The van der Waals surface area contributed by atoms with Crippen LogP contribution in [-0.2, 0) is 22.7 Å². The number of benzene rings is 3. The third-order valence-electron chi connectivity index (χ3n) is 5.31. The smallest absolute Gasteiger partial charge is 0.332 e. The van der Waals surface area contributed by atoms with Crippen molar-refractivity contribution in [1.29, 1.82) is 0 Å². The molecule has 3 aromatic carbocycles. The molecular formula is C25H19ClF3N3O3S2. The number of carbonyl (C=O) groups is 1. The van der Waals surface area contributed by atoms with Crippen LogP contribution in [0.1, 0.15) is 31.9 Å². The molecule has 0 unspecified atom stereocenters.